The molecule has 0 spiro atoms. The van der Waals surface area contributed by atoms with Gasteiger partial charge in [-0.2, -0.15) is 22.7 Å². The molecule has 2 fully saturated rings. The van der Waals surface area contributed by atoms with Gasteiger partial charge in [0.2, 0.25) is 0 Å². The molecular formula is C15H19F3N6. The van der Waals surface area contributed by atoms with Gasteiger partial charge in [-0.25, -0.2) is 4.98 Å². The Hall–Kier alpha value is -1.90. The molecule has 0 aromatic carbocycles. The molecule has 0 unspecified atom stereocenters. The molecule has 0 saturated carbocycles. The zero-order valence-electron chi connectivity index (χ0n) is 13.6. The molecule has 2 atom stereocenters. The van der Waals surface area contributed by atoms with Crippen LogP contribution in [0.15, 0.2) is 6.07 Å². The smallest absolute Gasteiger partial charge is 0.356 e. The second-order valence-electron chi connectivity index (χ2n) is 6.88. The Kier molecular flexibility index (Phi) is 3.45. The fourth-order valence-corrected chi connectivity index (χ4v) is 3.85. The normalized spacial score (nSPS) is 25.5. The summed E-state index contributed by atoms with van der Waals surface area (Å²) >= 11 is 0. The topological polar surface area (TPSA) is 49.6 Å². The third kappa shape index (κ3) is 2.60. The number of piperidine rings is 1. The van der Waals surface area contributed by atoms with E-state index in [1.54, 1.807) is 13.0 Å². The van der Waals surface area contributed by atoms with E-state index in [9.17, 15) is 13.2 Å². The minimum Gasteiger partial charge on any atom is -0.356 e. The first-order valence-electron chi connectivity index (χ1n) is 8.06. The van der Waals surface area contributed by atoms with Crippen molar-refractivity contribution >= 4 is 11.6 Å². The van der Waals surface area contributed by atoms with Gasteiger partial charge < -0.3 is 9.80 Å². The van der Waals surface area contributed by atoms with Crippen molar-refractivity contribution in [3.05, 3.63) is 17.6 Å². The zero-order valence-corrected chi connectivity index (χ0v) is 13.6. The molecule has 130 valence electrons. The first-order valence-corrected chi connectivity index (χ1v) is 8.06. The van der Waals surface area contributed by atoms with Crippen molar-refractivity contribution in [3.63, 3.8) is 0 Å². The van der Waals surface area contributed by atoms with E-state index < -0.39 is 12.0 Å². The van der Waals surface area contributed by atoms with Crippen molar-refractivity contribution in [1.29, 1.82) is 0 Å². The Balaban J connectivity index is 1.72. The molecule has 2 aliphatic heterocycles. The molecule has 0 bridgehead atoms. The molecule has 4 heterocycles. The van der Waals surface area contributed by atoms with Gasteiger partial charge in [-0.15, -0.1) is 5.10 Å². The number of hydrogen-bond donors (Lipinski definition) is 0. The standard InChI is InChI=1S/C15H19F3N6/c1-9-5-12(23-7-10-3-4-22(2)6-11(10)8-23)24-14(19-9)20-13(21-24)15(16,17)18/h5,10-11H,3-4,6-8H2,1-2H3/t10-,11+/m1/s1. The maximum absolute atomic E-state index is 12.9. The van der Waals surface area contributed by atoms with Gasteiger partial charge in [0.25, 0.3) is 11.6 Å². The highest BCUT2D eigenvalue weighted by atomic mass is 19.4. The van der Waals surface area contributed by atoms with Crippen LogP contribution in [0.5, 0.6) is 0 Å². The quantitative estimate of drug-likeness (QED) is 0.793. The Labute approximate surface area is 137 Å². The van der Waals surface area contributed by atoms with E-state index in [1.165, 1.54) is 4.52 Å². The van der Waals surface area contributed by atoms with Crippen LogP contribution in [0.1, 0.15) is 17.9 Å². The lowest BCUT2D eigenvalue weighted by molar-refractivity contribution is -0.144. The molecule has 2 aromatic heterocycles. The third-order valence-electron chi connectivity index (χ3n) is 5.00. The summed E-state index contributed by atoms with van der Waals surface area (Å²) in [6.45, 7) is 5.54. The van der Waals surface area contributed by atoms with Crippen molar-refractivity contribution in [2.24, 2.45) is 11.8 Å². The summed E-state index contributed by atoms with van der Waals surface area (Å²) in [5, 5.41) is 3.67. The van der Waals surface area contributed by atoms with Crippen LogP contribution < -0.4 is 4.90 Å². The van der Waals surface area contributed by atoms with Crippen LogP contribution in [0, 0.1) is 18.8 Å². The Morgan fingerprint density at radius 3 is 2.62 bits per heavy atom. The van der Waals surface area contributed by atoms with Gasteiger partial charge in [-0.05, 0) is 38.8 Å². The summed E-state index contributed by atoms with van der Waals surface area (Å²) in [6.07, 6.45) is -3.45. The lowest BCUT2D eigenvalue weighted by Gasteiger charge is -2.31. The summed E-state index contributed by atoms with van der Waals surface area (Å²) in [4.78, 5) is 12.1. The van der Waals surface area contributed by atoms with Crippen molar-refractivity contribution in [1.82, 2.24) is 24.5 Å². The van der Waals surface area contributed by atoms with Crippen molar-refractivity contribution in [2.45, 2.75) is 19.5 Å². The largest absolute Gasteiger partial charge is 0.453 e. The fourth-order valence-electron chi connectivity index (χ4n) is 3.85. The van der Waals surface area contributed by atoms with E-state index >= 15 is 0 Å². The van der Waals surface area contributed by atoms with Gasteiger partial charge in [-0.1, -0.05) is 0 Å². The van der Waals surface area contributed by atoms with Crippen molar-refractivity contribution in [2.75, 3.05) is 38.1 Å². The molecular weight excluding hydrogens is 321 g/mol. The number of aryl methyl sites for hydroxylation is 1. The second-order valence-corrected chi connectivity index (χ2v) is 6.88. The molecule has 6 nitrogen and oxygen atoms in total. The van der Waals surface area contributed by atoms with Gasteiger partial charge >= 0.3 is 6.18 Å². The van der Waals surface area contributed by atoms with Crippen molar-refractivity contribution in [3.8, 4) is 0 Å². The first kappa shape index (κ1) is 15.6. The van der Waals surface area contributed by atoms with E-state index in [4.69, 9.17) is 0 Å². The number of likely N-dealkylation sites (tertiary alicyclic amines) is 1. The first-order chi connectivity index (χ1) is 11.3. The number of aromatic nitrogens is 4. The molecule has 0 N–H and O–H groups in total. The summed E-state index contributed by atoms with van der Waals surface area (Å²) in [5.41, 5.74) is 0.644. The lowest BCUT2D eigenvalue weighted by atomic mass is 9.89. The highest BCUT2D eigenvalue weighted by molar-refractivity contribution is 5.49. The Morgan fingerprint density at radius 1 is 1.12 bits per heavy atom. The van der Waals surface area contributed by atoms with Gasteiger partial charge in [0.15, 0.2) is 0 Å². The molecule has 2 saturated heterocycles. The van der Waals surface area contributed by atoms with E-state index in [0.29, 0.717) is 23.3 Å². The van der Waals surface area contributed by atoms with E-state index in [0.717, 1.165) is 32.6 Å². The highest BCUT2D eigenvalue weighted by Crippen LogP contribution is 2.34. The molecule has 0 amide bonds. The molecule has 24 heavy (non-hydrogen) atoms. The number of fused-ring (bicyclic) bond motifs is 2. The second kappa shape index (κ2) is 5.30. The number of nitrogens with zero attached hydrogens (tertiary/aromatic N) is 6. The van der Waals surface area contributed by atoms with Crippen LogP contribution in [-0.4, -0.2) is 57.7 Å². The monoisotopic (exact) mass is 340 g/mol. The molecule has 2 aromatic rings. The average molecular weight is 340 g/mol. The molecule has 2 aliphatic rings. The molecule has 9 heteroatoms. The Morgan fingerprint density at radius 2 is 1.88 bits per heavy atom. The number of rotatable bonds is 1. The minimum atomic E-state index is -4.57. The fraction of sp³-hybridized carbons (Fsp3) is 0.667. The van der Waals surface area contributed by atoms with Crippen LogP contribution in [-0.2, 0) is 6.18 Å². The number of alkyl halides is 3. The summed E-state index contributed by atoms with van der Waals surface area (Å²) < 4.78 is 40.0. The lowest BCUT2D eigenvalue weighted by Crippen LogP contribution is -2.37. The minimum absolute atomic E-state index is 0.00400. The molecule has 0 radical (unpaired) electrons. The maximum Gasteiger partial charge on any atom is 0.453 e. The molecule has 4 rings (SSSR count). The maximum atomic E-state index is 12.9. The van der Waals surface area contributed by atoms with Crippen LogP contribution >= 0.6 is 0 Å². The van der Waals surface area contributed by atoms with E-state index in [1.807, 2.05) is 0 Å². The highest BCUT2D eigenvalue weighted by Gasteiger charge is 2.39. The molecule has 0 aliphatic carbocycles. The summed E-state index contributed by atoms with van der Waals surface area (Å²) in [5.74, 6) is 0.633. The van der Waals surface area contributed by atoms with E-state index in [-0.39, 0.29) is 5.78 Å². The van der Waals surface area contributed by atoms with Crippen LogP contribution in [0.2, 0.25) is 0 Å². The van der Waals surface area contributed by atoms with Crippen LogP contribution in [0.4, 0.5) is 19.0 Å². The SMILES string of the molecule is Cc1cc(N2C[C@H]3CCN(C)C[C@H]3C2)n2nc(C(F)(F)F)nc2n1. The van der Waals surface area contributed by atoms with Gasteiger partial charge in [0, 0.05) is 31.4 Å². The Bertz CT molecular complexity index is 770. The van der Waals surface area contributed by atoms with Gasteiger partial charge in [0.05, 0.1) is 0 Å². The number of hydrogen-bond acceptors (Lipinski definition) is 5. The summed E-state index contributed by atoms with van der Waals surface area (Å²) in [6, 6.07) is 1.79. The number of anilines is 1. The van der Waals surface area contributed by atoms with Crippen molar-refractivity contribution < 1.29 is 13.2 Å². The number of halogens is 3. The van der Waals surface area contributed by atoms with Gasteiger partial charge in [-0.3, -0.25) is 0 Å². The predicted molar refractivity (Wildman–Crippen MR) is 81.8 cm³/mol. The predicted octanol–water partition coefficient (Wildman–Crippen LogP) is 1.84. The van der Waals surface area contributed by atoms with Crippen LogP contribution in [0.25, 0.3) is 5.78 Å². The van der Waals surface area contributed by atoms with Gasteiger partial charge in [0.1, 0.15) is 5.82 Å². The van der Waals surface area contributed by atoms with Crippen LogP contribution in [0.3, 0.4) is 0 Å². The zero-order chi connectivity index (χ0) is 17.1. The average Bonchev–Trinajstić information content (AvgIpc) is 3.08. The summed E-state index contributed by atoms with van der Waals surface area (Å²) in [7, 11) is 2.11. The third-order valence-corrected chi connectivity index (χ3v) is 5.00. The van der Waals surface area contributed by atoms with E-state index in [2.05, 4.69) is 31.9 Å².